The molecular weight excluding hydrogens is 293 g/mol. The third-order valence-electron chi connectivity index (χ3n) is 2.79. The average molecular weight is 304 g/mol. The standard InChI is InChI=1S/C11H11F3N4OS/c1-4-5(2)17-18-10-6(4)7(15)8(20-10)9(19)16-3-11(12,13)14/h3,15H2,1-2H3,(H,16,19). The average Bonchev–Trinajstić information content (AvgIpc) is 2.68. The zero-order valence-corrected chi connectivity index (χ0v) is 11.4. The fourth-order valence-electron chi connectivity index (χ4n) is 1.67. The molecule has 3 N–H and O–H groups in total. The van der Waals surface area contributed by atoms with Crippen molar-refractivity contribution in [3.05, 3.63) is 16.1 Å². The number of halogens is 3. The normalized spacial score (nSPS) is 11.8. The molecule has 0 saturated heterocycles. The van der Waals surface area contributed by atoms with E-state index < -0.39 is 18.6 Å². The minimum absolute atomic E-state index is 0.0206. The molecule has 108 valence electrons. The third kappa shape index (κ3) is 2.67. The summed E-state index contributed by atoms with van der Waals surface area (Å²) < 4.78 is 36.3. The van der Waals surface area contributed by atoms with Crippen LogP contribution in [0.2, 0.25) is 0 Å². The number of rotatable bonds is 2. The summed E-state index contributed by atoms with van der Waals surface area (Å²) in [4.78, 5) is 12.2. The van der Waals surface area contributed by atoms with Gasteiger partial charge in [-0.2, -0.15) is 18.3 Å². The summed E-state index contributed by atoms with van der Waals surface area (Å²) in [6.45, 7) is 2.11. The van der Waals surface area contributed by atoms with E-state index in [9.17, 15) is 18.0 Å². The second kappa shape index (κ2) is 4.89. The first-order valence-corrected chi connectivity index (χ1v) is 6.39. The highest BCUT2D eigenvalue weighted by Crippen LogP contribution is 2.34. The molecule has 0 atom stereocenters. The largest absolute Gasteiger partial charge is 0.405 e. The van der Waals surface area contributed by atoms with Gasteiger partial charge in [0.25, 0.3) is 5.91 Å². The van der Waals surface area contributed by atoms with Gasteiger partial charge in [0.05, 0.1) is 11.4 Å². The van der Waals surface area contributed by atoms with Crippen molar-refractivity contribution in [1.82, 2.24) is 15.5 Å². The number of nitrogens with one attached hydrogen (secondary N) is 1. The molecule has 20 heavy (non-hydrogen) atoms. The molecule has 2 aromatic heterocycles. The lowest BCUT2D eigenvalue weighted by atomic mass is 10.1. The Balaban J connectivity index is 2.39. The number of fused-ring (bicyclic) bond motifs is 1. The summed E-state index contributed by atoms with van der Waals surface area (Å²) in [5, 5.41) is 10.2. The highest BCUT2D eigenvalue weighted by molar-refractivity contribution is 7.21. The van der Waals surface area contributed by atoms with Gasteiger partial charge in [0, 0.05) is 5.39 Å². The zero-order valence-electron chi connectivity index (χ0n) is 10.6. The minimum atomic E-state index is -4.46. The number of alkyl halides is 3. The molecule has 0 aliphatic rings. The molecule has 0 radical (unpaired) electrons. The Morgan fingerprint density at radius 1 is 1.35 bits per heavy atom. The van der Waals surface area contributed by atoms with Crippen LogP contribution in [-0.4, -0.2) is 28.8 Å². The van der Waals surface area contributed by atoms with Gasteiger partial charge in [-0.05, 0) is 19.4 Å². The molecule has 0 unspecified atom stereocenters. The third-order valence-corrected chi connectivity index (χ3v) is 3.88. The lowest BCUT2D eigenvalue weighted by Crippen LogP contribution is -2.33. The molecule has 0 spiro atoms. The maximum atomic E-state index is 12.1. The number of nitrogens with two attached hydrogens (primary N) is 1. The van der Waals surface area contributed by atoms with E-state index in [0.29, 0.717) is 15.9 Å². The van der Waals surface area contributed by atoms with Crippen LogP contribution in [0, 0.1) is 13.8 Å². The second-order valence-electron chi connectivity index (χ2n) is 4.23. The van der Waals surface area contributed by atoms with Gasteiger partial charge in [-0.1, -0.05) is 0 Å². The Bertz CT molecular complexity index is 680. The van der Waals surface area contributed by atoms with Gasteiger partial charge in [-0.15, -0.1) is 16.4 Å². The molecule has 0 aliphatic carbocycles. The van der Waals surface area contributed by atoms with Crippen LogP contribution >= 0.6 is 11.3 Å². The fraction of sp³-hybridized carbons (Fsp3) is 0.364. The number of aromatic nitrogens is 2. The highest BCUT2D eigenvalue weighted by Gasteiger charge is 2.29. The van der Waals surface area contributed by atoms with Crippen LogP contribution in [0.25, 0.3) is 10.2 Å². The monoisotopic (exact) mass is 304 g/mol. The number of hydrogen-bond donors (Lipinski definition) is 2. The summed E-state index contributed by atoms with van der Waals surface area (Å²) in [5.41, 5.74) is 7.41. The van der Waals surface area contributed by atoms with E-state index in [4.69, 9.17) is 5.73 Å². The van der Waals surface area contributed by atoms with Crippen LogP contribution in [0.5, 0.6) is 0 Å². The summed E-state index contributed by atoms with van der Waals surface area (Å²) >= 11 is 0.927. The van der Waals surface area contributed by atoms with Crippen LogP contribution < -0.4 is 11.1 Å². The Kier molecular flexibility index (Phi) is 3.55. The quantitative estimate of drug-likeness (QED) is 0.891. The number of carbonyl (C=O) groups excluding carboxylic acids is 1. The SMILES string of the molecule is Cc1nnc2sc(C(=O)NCC(F)(F)F)c(N)c2c1C. The summed E-state index contributed by atoms with van der Waals surface area (Å²) in [7, 11) is 0. The number of nitrogens with zero attached hydrogens (tertiary/aromatic N) is 2. The van der Waals surface area contributed by atoms with E-state index in [0.717, 1.165) is 16.9 Å². The minimum Gasteiger partial charge on any atom is -0.397 e. The van der Waals surface area contributed by atoms with Crippen LogP contribution in [-0.2, 0) is 0 Å². The summed E-state index contributed by atoms with van der Waals surface area (Å²) in [6, 6.07) is 0. The molecule has 0 fully saturated rings. The van der Waals surface area contributed by atoms with Gasteiger partial charge in [0.2, 0.25) is 0 Å². The van der Waals surface area contributed by atoms with Gasteiger partial charge in [-0.3, -0.25) is 4.79 Å². The maximum Gasteiger partial charge on any atom is 0.405 e. The van der Waals surface area contributed by atoms with Crippen molar-refractivity contribution in [3.63, 3.8) is 0 Å². The summed E-state index contributed by atoms with van der Waals surface area (Å²) in [6.07, 6.45) is -4.46. The van der Waals surface area contributed by atoms with E-state index in [1.807, 2.05) is 0 Å². The van der Waals surface area contributed by atoms with Gasteiger partial charge < -0.3 is 11.1 Å². The molecular formula is C11H11F3N4OS. The number of carbonyl (C=O) groups is 1. The van der Waals surface area contributed by atoms with Crippen molar-refractivity contribution in [2.24, 2.45) is 0 Å². The number of nitrogen functional groups attached to an aromatic ring is 1. The predicted molar refractivity (Wildman–Crippen MR) is 69.7 cm³/mol. The van der Waals surface area contributed by atoms with Gasteiger partial charge in [-0.25, -0.2) is 0 Å². The van der Waals surface area contributed by atoms with E-state index in [2.05, 4.69) is 10.2 Å². The molecule has 0 aromatic carbocycles. The molecule has 2 aromatic rings. The Labute approximate surface area is 116 Å². The van der Waals surface area contributed by atoms with Crippen molar-refractivity contribution in [2.75, 3.05) is 12.3 Å². The van der Waals surface area contributed by atoms with Crippen molar-refractivity contribution >= 4 is 33.1 Å². The molecule has 5 nitrogen and oxygen atoms in total. The number of thiophene rings is 1. The number of anilines is 1. The molecule has 2 rings (SSSR count). The van der Waals surface area contributed by atoms with Crippen molar-refractivity contribution in [3.8, 4) is 0 Å². The molecule has 0 saturated carbocycles. The topological polar surface area (TPSA) is 80.9 Å². The Morgan fingerprint density at radius 2 is 2.00 bits per heavy atom. The predicted octanol–water partition coefficient (Wildman–Crippen LogP) is 2.18. The lowest BCUT2D eigenvalue weighted by molar-refractivity contribution is -0.123. The smallest absolute Gasteiger partial charge is 0.397 e. The zero-order chi connectivity index (χ0) is 15.1. The Hall–Kier alpha value is -1.90. The van der Waals surface area contributed by atoms with Gasteiger partial charge >= 0.3 is 6.18 Å². The van der Waals surface area contributed by atoms with Crippen LogP contribution in [0.4, 0.5) is 18.9 Å². The number of amides is 1. The molecule has 1 amide bonds. The van der Waals surface area contributed by atoms with Crippen LogP contribution in [0.3, 0.4) is 0 Å². The number of aryl methyl sites for hydroxylation is 2. The first kappa shape index (κ1) is 14.5. The van der Waals surface area contributed by atoms with E-state index in [-0.39, 0.29) is 10.6 Å². The number of hydrogen-bond acceptors (Lipinski definition) is 5. The van der Waals surface area contributed by atoms with E-state index in [1.165, 1.54) is 0 Å². The van der Waals surface area contributed by atoms with Gasteiger partial charge in [0.15, 0.2) is 0 Å². The lowest BCUT2D eigenvalue weighted by Gasteiger charge is -2.07. The second-order valence-corrected chi connectivity index (χ2v) is 5.23. The van der Waals surface area contributed by atoms with Crippen molar-refractivity contribution in [2.45, 2.75) is 20.0 Å². The highest BCUT2D eigenvalue weighted by atomic mass is 32.1. The maximum absolute atomic E-state index is 12.1. The van der Waals surface area contributed by atoms with Gasteiger partial charge in [0.1, 0.15) is 16.3 Å². The van der Waals surface area contributed by atoms with E-state index >= 15 is 0 Å². The van der Waals surface area contributed by atoms with Crippen molar-refractivity contribution < 1.29 is 18.0 Å². The molecule has 0 bridgehead atoms. The molecule has 0 aliphatic heterocycles. The fourth-order valence-corrected chi connectivity index (χ4v) is 2.69. The molecule has 2 heterocycles. The first-order valence-electron chi connectivity index (χ1n) is 5.57. The van der Waals surface area contributed by atoms with Crippen LogP contribution in [0.1, 0.15) is 20.9 Å². The van der Waals surface area contributed by atoms with Crippen LogP contribution in [0.15, 0.2) is 0 Å². The summed E-state index contributed by atoms with van der Waals surface area (Å²) in [5.74, 6) is -0.861. The first-order chi connectivity index (χ1) is 9.20. The van der Waals surface area contributed by atoms with Crippen molar-refractivity contribution in [1.29, 1.82) is 0 Å². The van der Waals surface area contributed by atoms with E-state index in [1.54, 1.807) is 19.2 Å². The molecule has 9 heteroatoms. The Morgan fingerprint density at radius 3 is 2.60 bits per heavy atom.